The van der Waals surface area contributed by atoms with Gasteiger partial charge >= 0.3 is 0 Å². The molecule has 3 rings (SSSR count). The van der Waals surface area contributed by atoms with Crippen LogP contribution in [0.5, 0.6) is 0 Å². The van der Waals surface area contributed by atoms with Crippen molar-refractivity contribution in [3.05, 3.63) is 41.3 Å². The van der Waals surface area contributed by atoms with Crippen molar-refractivity contribution in [1.82, 2.24) is 9.97 Å². The summed E-state index contributed by atoms with van der Waals surface area (Å²) in [7, 11) is 0. The Hall–Kier alpha value is -1.61. The van der Waals surface area contributed by atoms with Crippen molar-refractivity contribution in [3.63, 3.8) is 0 Å². The first-order valence-corrected chi connectivity index (χ1v) is 6.31. The van der Waals surface area contributed by atoms with Gasteiger partial charge in [0.05, 0.1) is 24.3 Å². The Labute approximate surface area is 107 Å². The molecule has 3 heteroatoms. The van der Waals surface area contributed by atoms with E-state index >= 15 is 0 Å². The zero-order chi connectivity index (χ0) is 12.8. The third kappa shape index (κ3) is 1.66. The molecule has 94 valence electrons. The number of nitrogens with one attached hydrogen (secondary N) is 1. The van der Waals surface area contributed by atoms with Gasteiger partial charge < -0.3 is 9.72 Å². The smallest absolute Gasteiger partial charge is 0.117 e. The highest BCUT2D eigenvalue weighted by atomic mass is 16.5. The Balaban J connectivity index is 2.06. The molecule has 18 heavy (non-hydrogen) atoms. The van der Waals surface area contributed by atoms with Gasteiger partial charge in [-0.15, -0.1) is 0 Å². The van der Waals surface area contributed by atoms with Crippen molar-refractivity contribution >= 4 is 0 Å². The van der Waals surface area contributed by atoms with E-state index in [9.17, 15) is 0 Å². The van der Waals surface area contributed by atoms with Crippen LogP contribution in [0.4, 0.5) is 0 Å². The molecule has 0 aliphatic carbocycles. The van der Waals surface area contributed by atoms with Gasteiger partial charge in [-0.25, -0.2) is 4.98 Å². The maximum Gasteiger partial charge on any atom is 0.117 e. The first-order chi connectivity index (χ1) is 8.60. The number of rotatable bonds is 2. The average molecular weight is 242 g/mol. The monoisotopic (exact) mass is 242 g/mol. The van der Waals surface area contributed by atoms with E-state index in [1.807, 2.05) is 0 Å². The SMILES string of the molecule is Cc1ccccc1-c1nc(C2(C)COC2)[nH]c1C. The van der Waals surface area contributed by atoms with Gasteiger partial charge in [-0.1, -0.05) is 24.3 Å². The molecule has 0 bridgehead atoms. The lowest BCUT2D eigenvalue weighted by molar-refractivity contribution is -0.0539. The van der Waals surface area contributed by atoms with E-state index in [0.717, 1.165) is 30.4 Å². The molecule has 0 saturated carbocycles. The Bertz CT molecular complexity index is 582. The van der Waals surface area contributed by atoms with E-state index in [2.05, 4.69) is 50.0 Å². The summed E-state index contributed by atoms with van der Waals surface area (Å²) in [5.41, 5.74) is 4.73. The summed E-state index contributed by atoms with van der Waals surface area (Å²) in [6.07, 6.45) is 0. The summed E-state index contributed by atoms with van der Waals surface area (Å²) in [6.45, 7) is 7.91. The Kier molecular flexibility index (Phi) is 2.52. The molecule has 1 N–H and O–H groups in total. The molecule has 1 aliphatic rings. The lowest BCUT2D eigenvalue weighted by Gasteiger charge is -2.36. The topological polar surface area (TPSA) is 37.9 Å². The molecular weight excluding hydrogens is 224 g/mol. The second kappa shape index (κ2) is 3.95. The molecule has 2 aromatic rings. The molecule has 0 atom stereocenters. The van der Waals surface area contributed by atoms with Crippen LogP contribution in [0.25, 0.3) is 11.3 Å². The van der Waals surface area contributed by atoms with E-state index in [-0.39, 0.29) is 5.41 Å². The van der Waals surface area contributed by atoms with Gasteiger partial charge in [0.25, 0.3) is 0 Å². The number of nitrogens with zero attached hydrogens (tertiary/aromatic N) is 1. The van der Waals surface area contributed by atoms with E-state index in [1.165, 1.54) is 11.1 Å². The van der Waals surface area contributed by atoms with Crippen LogP contribution in [0.2, 0.25) is 0 Å². The number of aromatic amines is 1. The highest BCUT2D eigenvalue weighted by Gasteiger charge is 2.38. The van der Waals surface area contributed by atoms with Crippen LogP contribution in [-0.2, 0) is 10.2 Å². The average Bonchev–Trinajstić information content (AvgIpc) is 2.69. The normalized spacial score (nSPS) is 17.5. The fourth-order valence-corrected chi connectivity index (χ4v) is 2.39. The van der Waals surface area contributed by atoms with Crippen molar-refractivity contribution in [2.75, 3.05) is 13.2 Å². The minimum absolute atomic E-state index is 0.0612. The highest BCUT2D eigenvalue weighted by Crippen LogP contribution is 2.33. The summed E-state index contributed by atoms with van der Waals surface area (Å²) in [6, 6.07) is 8.37. The third-order valence-electron chi connectivity index (χ3n) is 3.70. The number of benzene rings is 1. The fourth-order valence-electron chi connectivity index (χ4n) is 2.39. The van der Waals surface area contributed by atoms with Gasteiger partial charge in [-0.3, -0.25) is 0 Å². The van der Waals surface area contributed by atoms with Crippen molar-refractivity contribution in [1.29, 1.82) is 0 Å². The molecular formula is C15H18N2O. The summed E-state index contributed by atoms with van der Waals surface area (Å²) in [4.78, 5) is 8.22. The molecule has 1 aromatic heterocycles. The fraction of sp³-hybridized carbons (Fsp3) is 0.400. The van der Waals surface area contributed by atoms with Crippen LogP contribution in [-0.4, -0.2) is 23.2 Å². The summed E-state index contributed by atoms with van der Waals surface area (Å²) in [5.74, 6) is 1.05. The Morgan fingerprint density at radius 1 is 1.22 bits per heavy atom. The van der Waals surface area contributed by atoms with E-state index in [4.69, 9.17) is 9.72 Å². The second-order valence-electron chi connectivity index (χ2n) is 5.43. The largest absolute Gasteiger partial charge is 0.379 e. The van der Waals surface area contributed by atoms with Crippen LogP contribution in [0.1, 0.15) is 24.0 Å². The zero-order valence-electron chi connectivity index (χ0n) is 11.1. The number of hydrogen-bond donors (Lipinski definition) is 1. The molecule has 1 aromatic carbocycles. The lowest BCUT2D eigenvalue weighted by atomic mass is 9.88. The number of aromatic nitrogens is 2. The molecule has 1 aliphatic heterocycles. The van der Waals surface area contributed by atoms with Crippen LogP contribution in [0.3, 0.4) is 0 Å². The summed E-state index contributed by atoms with van der Waals surface area (Å²) in [5, 5.41) is 0. The molecule has 3 nitrogen and oxygen atoms in total. The maximum atomic E-state index is 5.31. The van der Waals surface area contributed by atoms with Crippen LogP contribution >= 0.6 is 0 Å². The Morgan fingerprint density at radius 3 is 2.56 bits per heavy atom. The number of hydrogen-bond acceptors (Lipinski definition) is 2. The quantitative estimate of drug-likeness (QED) is 0.879. The van der Waals surface area contributed by atoms with Crippen molar-refractivity contribution in [3.8, 4) is 11.3 Å². The number of ether oxygens (including phenoxy) is 1. The van der Waals surface area contributed by atoms with E-state index in [1.54, 1.807) is 0 Å². The third-order valence-corrected chi connectivity index (χ3v) is 3.70. The van der Waals surface area contributed by atoms with Gasteiger partial charge in [0.2, 0.25) is 0 Å². The Morgan fingerprint density at radius 2 is 1.94 bits per heavy atom. The molecule has 1 fully saturated rings. The van der Waals surface area contributed by atoms with Crippen LogP contribution in [0.15, 0.2) is 24.3 Å². The molecule has 1 saturated heterocycles. The molecule has 2 heterocycles. The summed E-state index contributed by atoms with van der Waals surface area (Å²) >= 11 is 0. The second-order valence-corrected chi connectivity index (χ2v) is 5.43. The van der Waals surface area contributed by atoms with Gasteiger partial charge in [0, 0.05) is 11.3 Å². The lowest BCUT2D eigenvalue weighted by Crippen LogP contribution is -2.44. The maximum absolute atomic E-state index is 5.31. The highest BCUT2D eigenvalue weighted by molar-refractivity contribution is 5.65. The predicted molar refractivity (Wildman–Crippen MR) is 71.7 cm³/mol. The molecule has 0 radical (unpaired) electrons. The standard InChI is InChI=1S/C15H18N2O/c1-10-6-4-5-7-12(10)13-11(2)16-14(17-13)15(3)8-18-9-15/h4-7H,8-9H2,1-3H3,(H,16,17). The van der Waals surface area contributed by atoms with Crippen molar-refractivity contribution < 1.29 is 4.74 Å². The number of H-pyrrole nitrogens is 1. The molecule has 0 spiro atoms. The zero-order valence-corrected chi connectivity index (χ0v) is 11.1. The van der Waals surface area contributed by atoms with Crippen LogP contribution < -0.4 is 0 Å². The minimum atomic E-state index is 0.0612. The van der Waals surface area contributed by atoms with Crippen molar-refractivity contribution in [2.24, 2.45) is 0 Å². The van der Waals surface area contributed by atoms with Gasteiger partial charge in [-0.2, -0.15) is 0 Å². The van der Waals surface area contributed by atoms with Gasteiger partial charge in [0.1, 0.15) is 5.82 Å². The first-order valence-electron chi connectivity index (χ1n) is 6.31. The summed E-state index contributed by atoms with van der Waals surface area (Å²) < 4.78 is 5.31. The predicted octanol–water partition coefficient (Wildman–Crippen LogP) is 2.98. The van der Waals surface area contributed by atoms with E-state index < -0.39 is 0 Å². The first kappa shape index (κ1) is 11.5. The molecule has 0 amide bonds. The van der Waals surface area contributed by atoms with Crippen molar-refractivity contribution in [2.45, 2.75) is 26.2 Å². The van der Waals surface area contributed by atoms with Gasteiger partial charge in [-0.05, 0) is 26.3 Å². The number of imidazole rings is 1. The van der Waals surface area contributed by atoms with Crippen LogP contribution in [0, 0.1) is 13.8 Å². The van der Waals surface area contributed by atoms with E-state index in [0.29, 0.717) is 0 Å². The van der Waals surface area contributed by atoms with Gasteiger partial charge in [0.15, 0.2) is 0 Å². The molecule has 0 unspecified atom stereocenters. The minimum Gasteiger partial charge on any atom is -0.379 e. The number of aryl methyl sites for hydroxylation is 2.